The molecule has 1 saturated heterocycles. The van der Waals surface area contributed by atoms with Gasteiger partial charge in [-0.25, -0.2) is 4.98 Å². The van der Waals surface area contributed by atoms with E-state index in [2.05, 4.69) is 34.0 Å². The van der Waals surface area contributed by atoms with Crippen LogP contribution in [-0.4, -0.2) is 59.2 Å². The molecule has 1 aliphatic heterocycles. The zero-order valence-electron chi connectivity index (χ0n) is 13.0. The number of fused-ring (bicyclic) bond motifs is 1. The third-order valence-corrected chi connectivity index (χ3v) is 3.89. The Labute approximate surface area is 129 Å². The van der Waals surface area contributed by atoms with Crippen molar-refractivity contribution in [2.75, 3.05) is 26.2 Å². The molecule has 2 aromatic rings. The Kier molecular flexibility index (Phi) is 4.40. The lowest BCUT2D eigenvalue weighted by molar-refractivity contribution is -0.0672. The smallest absolute Gasteiger partial charge is 0.251 e. The molecule has 0 saturated carbocycles. The van der Waals surface area contributed by atoms with E-state index in [0.717, 1.165) is 30.7 Å². The molecule has 2 atom stereocenters. The van der Waals surface area contributed by atoms with Crippen molar-refractivity contribution in [2.24, 2.45) is 0 Å². The summed E-state index contributed by atoms with van der Waals surface area (Å²) in [6.07, 6.45) is 2.14. The molecule has 6 heteroatoms. The first-order valence-electron chi connectivity index (χ1n) is 7.71. The van der Waals surface area contributed by atoms with Crippen LogP contribution < -0.4 is 5.32 Å². The van der Waals surface area contributed by atoms with E-state index < -0.39 is 0 Å². The van der Waals surface area contributed by atoms with E-state index in [0.29, 0.717) is 12.1 Å². The van der Waals surface area contributed by atoms with Gasteiger partial charge in [0.05, 0.1) is 29.6 Å². The average molecular weight is 302 g/mol. The quantitative estimate of drug-likeness (QED) is 0.896. The van der Waals surface area contributed by atoms with Crippen molar-refractivity contribution in [2.45, 2.75) is 26.1 Å². The fraction of sp³-hybridized carbons (Fsp3) is 0.500. The van der Waals surface area contributed by atoms with Gasteiger partial charge >= 0.3 is 0 Å². The fourth-order valence-corrected chi connectivity index (χ4v) is 2.97. The van der Waals surface area contributed by atoms with E-state index >= 15 is 0 Å². The zero-order valence-corrected chi connectivity index (χ0v) is 13.0. The molecule has 3 rings (SSSR count). The lowest BCUT2D eigenvalue weighted by Crippen LogP contribution is -2.47. The number of amides is 1. The molecule has 0 bridgehead atoms. The summed E-state index contributed by atoms with van der Waals surface area (Å²) >= 11 is 0. The Bertz CT molecular complexity index is 644. The van der Waals surface area contributed by atoms with Crippen LogP contribution in [0.15, 0.2) is 24.5 Å². The minimum Gasteiger partial charge on any atom is -0.373 e. The van der Waals surface area contributed by atoms with E-state index in [9.17, 15) is 4.79 Å². The zero-order chi connectivity index (χ0) is 15.5. The lowest BCUT2D eigenvalue weighted by Gasteiger charge is -2.35. The van der Waals surface area contributed by atoms with Gasteiger partial charge in [-0.3, -0.25) is 9.69 Å². The molecule has 2 heterocycles. The van der Waals surface area contributed by atoms with Crippen molar-refractivity contribution < 1.29 is 9.53 Å². The molecular formula is C16H22N4O2. The highest BCUT2D eigenvalue weighted by Gasteiger charge is 2.21. The summed E-state index contributed by atoms with van der Waals surface area (Å²) in [7, 11) is 0. The third-order valence-electron chi connectivity index (χ3n) is 3.89. The highest BCUT2D eigenvalue weighted by atomic mass is 16.5. The monoisotopic (exact) mass is 302 g/mol. The van der Waals surface area contributed by atoms with Gasteiger partial charge in [-0.1, -0.05) is 0 Å². The van der Waals surface area contributed by atoms with E-state index in [-0.39, 0.29) is 18.1 Å². The van der Waals surface area contributed by atoms with Crippen molar-refractivity contribution in [3.63, 3.8) is 0 Å². The van der Waals surface area contributed by atoms with Gasteiger partial charge in [0.15, 0.2) is 0 Å². The second-order valence-electron chi connectivity index (χ2n) is 5.91. The molecule has 1 aromatic heterocycles. The molecule has 1 amide bonds. The molecule has 0 unspecified atom stereocenters. The van der Waals surface area contributed by atoms with E-state index in [4.69, 9.17) is 4.74 Å². The number of nitrogens with zero attached hydrogens (tertiary/aromatic N) is 2. The number of imidazole rings is 1. The van der Waals surface area contributed by atoms with Gasteiger partial charge in [0, 0.05) is 31.7 Å². The number of H-pyrrole nitrogens is 1. The SMILES string of the molecule is C[C@@H]1CN(CCNC(=O)c2ccc3nc[nH]c3c2)C[C@@H](C)O1. The summed E-state index contributed by atoms with van der Waals surface area (Å²) in [4.78, 5) is 21.7. The van der Waals surface area contributed by atoms with Crippen LogP contribution in [0.1, 0.15) is 24.2 Å². The first kappa shape index (κ1) is 15.0. The molecule has 0 aliphatic carbocycles. The number of ether oxygens (including phenoxy) is 1. The minimum absolute atomic E-state index is 0.0501. The van der Waals surface area contributed by atoms with Crippen molar-refractivity contribution in [3.05, 3.63) is 30.1 Å². The van der Waals surface area contributed by atoms with Crippen molar-refractivity contribution in [3.8, 4) is 0 Å². The Morgan fingerprint density at radius 3 is 2.95 bits per heavy atom. The average Bonchev–Trinajstić information content (AvgIpc) is 2.93. The summed E-state index contributed by atoms with van der Waals surface area (Å²) < 4.78 is 5.71. The van der Waals surface area contributed by atoms with E-state index in [1.54, 1.807) is 12.4 Å². The highest BCUT2D eigenvalue weighted by Crippen LogP contribution is 2.12. The van der Waals surface area contributed by atoms with Gasteiger partial charge in [-0.2, -0.15) is 0 Å². The van der Waals surface area contributed by atoms with Gasteiger partial charge < -0.3 is 15.0 Å². The molecule has 2 N–H and O–H groups in total. The Morgan fingerprint density at radius 1 is 1.41 bits per heavy atom. The molecule has 22 heavy (non-hydrogen) atoms. The van der Waals surface area contributed by atoms with Crippen LogP contribution in [0, 0.1) is 0 Å². The lowest BCUT2D eigenvalue weighted by atomic mass is 10.2. The van der Waals surface area contributed by atoms with Gasteiger partial charge in [-0.15, -0.1) is 0 Å². The number of hydrogen-bond acceptors (Lipinski definition) is 4. The number of hydrogen-bond donors (Lipinski definition) is 2. The number of morpholine rings is 1. The van der Waals surface area contributed by atoms with Crippen LogP contribution in [0.2, 0.25) is 0 Å². The predicted molar refractivity (Wildman–Crippen MR) is 84.9 cm³/mol. The number of nitrogens with one attached hydrogen (secondary N) is 2. The van der Waals surface area contributed by atoms with Crippen molar-refractivity contribution in [1.29, 1.82) is 0 Å². The molecule has 118 valence electrons. The molecule has 1 aliphatic rings. The first-order valence-corrected chi connectivity index (χ1v) is 7.71. The number of carbonyl (C=O) groups is 1. The summed E-state index contributed by atoms with van der Waals surface area (Å²) in [5.74, 6) is -0.0501. The van der Waals surface area contributed by atoms with Crippen LogP contribution in [0.4, 0.5) is 0 Å². The largest absolute Gasteiger partial charge is 0.373 e. The molecule has 6 nitrogen and oxygen atoms in total. The maximum Gasteiger partial charge on any atom is 0.251 e. The molecule has 0 spiro atoms. The second-order valence-corrected chi connectivity index (χ2v) is 5.91. The summed E-state index contributed by atoms with van der Waals surface area (Å²) in [6.45, 7) is 7.48. The molecule has 1 aromatic carbocycles. The topological polar surface area (TPSA) is 70.2 Å². The molecule has 1 fully saturated rings. The Balaban J connectivity index is 1.51. The first-order chi connectivity index (χ1) is 10.6. The van der Waals surface area contributed by atoms with Gasteiger partial charge in [0.25, 0.3) is 5.91 Å². The van der Waals surface area contributed by atoms with E-state index in [1.165, 1.54) is 0 Å². The summed E-state index contributed by atoms with van der Waals surface area (Å²) in [5, 5.41) is 2.98. The molecule has 0 radical (unpaired) electrons. The number of rotatable bonds is 4. The van der Waals surface area contributed by atoms with Crippen LogP contribution in [-0.2, 0) is 4.74 Å². The maximum atomic E-state index is 12.2. The number of carbonyl (C=O) groups excluding carboxylic acids is 1. The number of aromatic amines is 1. The van der Waals surface area contributed by atoms with Crippen LogP contribution in [0.3, 0.4) is 0 Å². The fourth-order valence-electron chi connectivity index (χ4n) is 2.97. The normalized spacial score (nSPS) is 22.8. The predicted octanol–water partition coefficient (Wildman–Crippen LogP) is 1.40. The maximum absolute atomic E-state index is 12.2. The second kappa shape index (κ2) is 6.46. The molecular weight excluding hydrogens is 280 g/mol. The van der Waals surface area contributed by atoms with Gasteiger partial charge in [0.2, 0.25) is 0 Å². The van der Waals surface area contributed by atoms with Crippen molar-refractivity contribution in [1.82, 2.24) is 20.2 Å². The van der Waals surface area contributed by atoms with Crippen LogP contribution in [0.5, 0.6) is 0 Å². The van der Waals surface area contributed by atoms with Crippen LogP contribution >= 0.6 is 0 Å². The summed E-state index contributed by atoms with van der Waals surface area (Å²) in [5.41, 5.74) is 2.40. The van der Waals surface area contributed by atoms with Gasteiger partial charge in [0.1, 0.15) is 0 Å². The number of benzene rings is 1. The number of aromatic nitrogens is 2. The van der Waals surface area contributed by atoms with Gasteiger partial charge in [-0.05, 0) is 32.0 Å². The third kappa shape index (κ3) is 3.45. The highest BCUT2D eigenvalue weighted by molar-refractivity contribution is 5.97. The Morgan fingerprint density at radius 2 is 2.18 bits per heavy atom. The van der Waals surface area contributed by atoms with E-state index in [1.807, 2.05) is 12.1 Å². The summed E-state index contributed by atoms with van der Waals surface area (Å²) in [6, 6.07) is 5.49. The van der Waals surface area contributed by atoms with Crippen LogP contribution in [0.25, 0.3) is 11.0 Å². The minimum atomic E-state index is -0.0501. The standard InChI is InChI=1S/C16H22N4O2/c1-11-8-20(9-12(2)22-11)6-5-17-16(21)13-3-4-14-15(7-13)19-10-18-14/h3-4,7,10-12H,5-6,8-9H2,1-2H3,(H,17,21)(H,18,19)/t11-,12-/m1/s1. The Hall–Kier alpha value is -1.92. The van der Waals surface area contributed by atoms with Crippen molar-refractivity contribution >= 4 is 16.9 Å².